The van der Waals surface area contributed by atoms with Crippen LogP contribution < -0.4 is 4.72 Å². The van der Waals surface area contributed by atoms with E-state index in [1.165, 1.54) is 45.2 Å². The number of rotatable bonds is 6. The Labute approximate surface area is 140 Å². The average Bonchev–Trinajstić information content (AvgIpc) is 2.45. The second-order valence-corrected chi connectivity index (χ2v) is 8.05. The van der Waals surface area contributed by atoms with Gasteiger partial charge in [-0.3, -0.25) is 4.72 Å². The van der Waals surface area contributed by atoms with Gasteiger partial charge in [0.25, 0.3) is 0 Å². The Kier molecular flexibility index (Phi) is 7.12. The van der Waals surface area contributed by atoms with Gasteiger partial charge in [-0.25, -0.2) is 8.42 Å². The highest BCUT2D eigenvalue weighted by Crippen LogP contribution is 2.13. The zero-order valence-electron chi connectivity index (χ0n) is 14.0. The number of nitrogens with one attached hydrogen (secondary N) is 1. The maximum Gasteiger partial charge on any atom is 0.229 e. The third-order valence-electron chi connectivity index (χ3n) is 4.08. The smallest absolute Gasteiger partial charge is 0.229 e. The van der Waals surface area contributed by atoms with Crippen LogP contribution >= 0.6 is 0 Å². The third-order valence-corrected chi connectivity index (χ3v) is 4.69. The summed E-state index contributed by atoms with van der Waals surface area (Å²) in [4.78, 5) is 2.57. The fourth-order valence-corrected chi connectivity index (χ4v) is 3.45. The Morgan fingerprint density at radius 1 is 1.04 bits per heavy atom. The number of hydrogen-bond donors (Lipinski definition) is 1. The summed E-state index contributed by atoms with van der Waals surface area (Å²) in [5.74, 6) is 0. The van der Waals surface area contributed by atoms with Crippen LogP contribution in [-0.2, 0) is 10.0 Å². The highest BCUT2D eigenvalue weighted by atomic mass is 32.2. The van der Waals surface area contributed by atoms with E-state index >= 15 is 0 Å². The minimum Gasteiger partial charge on any atom is -0.303 e. The molecule has 4 nitrogen and oxygen atoms in total. The minimum absolute atomic E-state index is 0.602. The van der Waals surface area contributed by atoms with E-state index in [-0.39, 0.29) is 0 Å². The van der Waals surface area contributed by atoms with Crippen LogP contribution in [0.3, 0.4) is 0 Å². The van der Waals surface area contributed by atoms with Gasteiger partial charge < -0.3 is 4.90 Å². The molecular formula is C18H28N2O2S. The van der Waals surface area contributed by atoms with Crippen molar-refractivity contribution in [1.29, 1.82) is 0 Å². The molecule has 1 aliphatic rings. The van der Waals surface area contributed by atoms with Crippen LogP contribution in [0.1, 0.15) is 44.1 Å². The van der Waals surface area contributed by atoms with Crippen LogP contribution in [0.5, 0.6) is 0 Å². The largest absolute Gasteiger partial charge is 0.303 e. The van der Waals surface area contributed by atoms with E-state index < -0.39 is 10.0 Å². The summed E-state index contributed by atoms with van der Waals surface area (Å²) in [5.41, 5.74) is 1.70. The molecule has 23 heavy (non-hydrogen) atoms. The topological polar surface area (TPSA) is 49.4 Å². The number of nitrogens with zero attached hydrogens (tertiary/aromatic N) is 1. The fourth-order valence-electron chi connectivity index (χ4n) is 2.89. The lowest BCUT2D eigenvalue weighted by atomic mass is 10.1. The summed E-state index contributed by atoms with van der Waals surface area (Å²) < 4.78 is 24.8. The predicted molar refractivity (Wildman–Crippen MR) is 98.1 cm³/mol. The van der Waals surface area contributed by atoms with Gasteiger partial charge in [0.2, 0.25) is 10.0 Å². The molecule has 0 aromatic heterocycles. The van der Waals surface area contributed by atoms with E-state index in [1.807, 2.05) is 12.1 Å². The molecule has 0 aliphatic carbocycles. The minimum atomic E-state index is -3.20. The van der Waals surface area contributed by atoms with Crippen LogP contribution in [0.2, 0.25) is 0 Å². The summed E-state index contributed by atoms with van der Waals surface area (Å²) in [6.07, 6.45) is 13.3. The zero-order valence-corrected chi connectivity index (χ0v) is 14.8. The van der Waals surface area contributed by atoms with E-state index in [2.05, 4.69) is 21.8 Å². The lowest BCUT2D eigenvalue weighted by Crippen LogP contribution is -2.28. The SMILES string of the molecule is CS(=O)(=O)Nc1ccc(C=CCCN2CCCCCCC2)cc1. The van der Waals surface area contributed by atoms with Crippen LogP contribution in [0.15, 0.2) is 30.3 Å². The molecule has 0 unspecified atom stereocenters. The van der Waals surface area contributed by atoms with Gasteiger partial charge in [-0.2, -0.15) is 0 Å². The lowest BCUT2D eigenvalue weighted by molar-refractivity contribution is 0.252. The Morgan fingerprint density at radius 3 is 2.26 bits per heavy atom. The Balaban J connectivity index is 1.76. The molecule has 1 aromatic carbocycles. The normalized spacial score (nSPS) is 17.8. The molecule has 1 saturated heterocycles. The van der Waals surface area contributed by atoms with Crippen molar-refractivity contribution >= 4 is 21.8 Å². The van der Waals surface area contributed by atoms with Crippen molar-refractivity contribution in [2.24, 2.45) is 0 Å². The second kappa shape index (κ2) is 9.08. The molecule has 5 heteroatoms. The highest BCUT2D eigenvalue weighted by molar-refractivity contribution is 7.92. The maximum absolute atomic E-state index is 11.2. The molecule has 1 aliphatic heterocycles. The van der Waals surface area contributed by atoms with Crippen molar-refractivity contribution in [3.63, 3.8) is 0 Å². The van der Waals surface area contributed by atoms with Crippen molar-refractivity contribution in [2.75, 3.05) is 30.6 Å². The summed E-state index contributed by atoms with van der Waals surface area (Å²) in [6, 6.07) is 7.44. The maximum atomic E-state index is 11.2. The van der Waals surface area contributed by atoms with E-state index in [0.717, 1.165) is 24.8 Å². The number of benzene rings is 1. The molecule has 1 N–H and O–H groups in total. The Morgan fingerprint density at radius 2 is 1.65 bits per heavy atom. The molecule has 0 spiro atoms. The predicted octanol–water partition coefficient (Wildman–Crippen LogP) is 3.73. The van der Waals surface area contributed by atoms with Crippen LogP contribution in [0.25, 0.3) is 6.08 Å². The average molecular weight is 337 g/mol. The summed E-state index contributed by atoms with van der Waals surface area (Å²) >= 11 is 0. The van der Waals surface area contributed by atoms with Crippen molar-refractivity contribution in [2.45, 2.75) is 38.5 Å². The molecule has 0 atom stereocenters. The highest BCUT2D eigenvalue weighted by Gasteiger charge is 2.06. The molecule has 0 bridgehead atoms. The number of likely N-dealkylation sites (tertiary alicyclic amines) is 1. The summed E-state index contributed by atoms with van der Waals surface area (Å²) in [6.45, 7) is 3.60. The van der Waals surface area contributed by atoms with Crippen LogP contribution in [0.4, 0.5) is 5.69 Å². The molecule has 2 rings (SSSR count). The fraction of sp³-hybridized carbons (Fsp3) is 0.556. The van der Waals surface area contributed by atoms with Crippen LogP contribution in [-0.4, -0.2) is 39.2 Å². The van der Waals surface area contributed by atoms with E-state index in [4.69, 9.17) is 0 Å². The van der Waals surface area contributed by atoms with Gasteiger partial charge in [-0.1, -0.05) is 43.5 Å². The lowest BCUT2D eigenvalue weighted by Gasteiger charge is -2.23. The molecular weight excluding hydrogens is 308 g/mol. The van der Waals surface area contributed by atoms with Gasteiger partial charge in [0.05, 0.1) is 6.26 Å². The monoisotopic (exact) mass is 336 g/mol. The van der Waals surface area contributed by atoms with Crippen molar-refractivity contribution in [3.8, 4) is 0 Å². The third kappa shape index (κ3) is 7.66. The molecule has 0 radical (unpaired) electrons. The summed E-state index contributed by atoms with van der Waals surface area (Å²) in [5, 5.41) is 0. The van der Waals surface area contributed by atoms with Gasteiger partial charge in [0.1, 0.15) is 0 Å². The molecule has 128 valence electrons. The molecule has 0 saturated carbocycles. The first-order valence-electron chi connectivity index (χ1n) is 8.50. The standard InChI is InChI=1S/C18H28N2O2S/c1-23(21,22)19-18-12-10-17(11-13-18)9-5-8-16-20-14-6-3-2-4-7-15-20/h5,9-13,19H,2-4,6-8,14-16H2,1H3. The first-order valence-corrected chi connectivity index (χ1v) is 10.4. The van der Waals surface area contributed by atoms with Gasteiger partial charge >= 0.3 is 0 Å². The van der Waals surface area contributed by atoms with Crippen molar-refractivity contribution in [1.82, 2.24) is 4.90 Å². The molecule has 0 amide bonds. The van der Waals surface area contributed by atoms with Gasteiger partial charge in [0.15, 0.2) is 0 Å². The second-order valence-electron chi connectivity index (χ2n) is 6.30. The number of hydrogen-bond acceptors (Lipinski definition) is 3. The van der Waals surface area contributed by atoms with Crippen molar-refractivity contribution in [3.05, 3.63) is 35.9 Å². The zero-order chi connectivity index (χ0) is 16.5. The quantitative estimate of drug-likeness (QED) is 0.861. The van der Waals surface area contributed by atoms with Gasteiger partial charge in [-0.05, 0) is 50.0 Å². The Bertz CT molecular complexity index is 586. The van der Waals surface area contributed by atoms with E-state index in [9.17, 15) is 8.42 Å². The van der Waals surface area contributed by atoms with E-state index in [0.29, 0.717) is 5.69 Å². The number of sulfonamides is 1. The van der Waals surface area contributed by atoms with Crippen LogP contribution in [0, 0.1) is 0 Å². The van der Waals surface area contributed by atoms with Crippen molar-refractivity contribution < 1.29 is 8.42 Å². The molecule has 1 aromatic rings. The first kappa shape index (κ1) is 18.0. The van der Waals surface area contributed by atoms with Gasteiger partial charge in [-0.15, -0.1) is 0 Å². The Hall–Kier alpha value is -1.33. The number of anilines is 1. The first-order chi connectivity index (χ1) is 11.0. The molecule has 1 fully saturated rings. The van der Waals surface area contributed by atoms with Gasteiger partial charge in [0, 0.05) is 12.2 Å². The summed E-state index contributed by atoms with van der Waals surface area (Å²) in [7, 11) is -3.20. The van der Waals surface area contributed by atoms with E-state index in [1.54, 1.807) is 12.1 Å². The molecule has 1 heterocycles.